The normalized spacial score (nSPS) is 17.6. The Morgan fingerprint density at radius 2 is 2.25 bits per heavy atom. The molecule has 0 bridgehead atoms. The first-order chi connectivity index (χ1) is 9.61. The zero-order valence-corrected chi connectivity index (χ0v) is 12.2. The van der Waals surface area contributed by atoms with Crippen LogP contribution in [-0.2, 0) is 9.53 Å². The smallest absolute Gasteiger partial charge is 0.336 e. The molecule has 0 radical (unpaired) electrons. The molecule has 2 N–H and O–H groups in total. The van der Waals surface area contributed by atoms with Crippen LogP contribution in [-0.4, -0.2) is 28.3 Å². The molecule has 3 heterocycles. The van der Waals surface area contributed by atoms with E-state index < -0.39 is 0 Å². The summed E-state index contributed by atoms with van der Waals surface area (Å²) in [4.78, 5) is 16.6. The first-order valence-corrected chi connectivity index (χ1v) is 7.01. The molecule has 0 aromatic carbocycles. The SMILES string of the molecule is COC(=O)C1=C(C)Nc2[nH]ncc2C1c1nc(C)cs1. The van der Waals surface area contributed by atoms with Crippen molar-refractivity contribution in [1.29, 1.82) is 0 Å². The van der Waals surface area contributed by atoms with Gasteiger partial charge in [-0.2, -0.15) is 5.10 Å². The van der Waals surface area contributed by atoms with Gasteiger partial charge in [-0.25, -0.2) is 9.78 Å². The summed E-state index contributed by atoms with van der Waals surface area (Å²) in [5.74, 6) is 0.212. The van der Waals surface area contributed by atoms with Crippen LogP contribution in [0.15, 0.2) is 22.8 Å². The zero-order valence-electron chi connectivity index (χ0n) is 11.4. The van der Waals surface area contributed by atoms with E-state index in [9.17, 15) is 4.79 Å². The fraction of sp³-hybridized carbons (Fsp3) is 0.308. The van der Waals surface area contributed by atoms with Crippen LogP contribution >= 0.6 is 11.3 Å². The number of carbonyl (C=O) groups excluding carboxylic acids is 1. The van der Waals surface area contributed by atoms with Crippen LogP contribution in [0.3, 0.4) is 0 Å². The minimum atomic E-state index is -0.347. The van der Waals surface area contributed by atoms with Crippen LogP contribution in [0, 0.1) is 6.92 Å². The number of hydrogen-bond acceptors (Lipinski definition) is 6. The minimum absolute atomic E-state index is 0.240. The van der Waals surface area contributed by atoms with Gasteiger partial charge in [0.25, 0.3) is 0 Å². The lowest BCUT2D eigenvalue weighted by Gasteiger charge is -2.25. The highest BCUT2D eigenvalue weighted by Gasteiger charge is 2.35. The van der Waals surface area contributed by atoms with Crippen LogP contribution in [0.4, 0.5) is 5.82 Å². The third-order valence-electron chi connectivity index (χ3n) is 3.27. The summed E-state index contributed by atoms with van der Waals surface area (Å²) < 4.78 is 4.92. The largest absolute Gasteiger partial charge is 0.466 e. The number of fused-ring (bicyclic) bond motifs is 1. The van der Waals surface area contributed by atoms with Crippen molar-refractivity contribution in [3.63, 3.8) is 0 Å². The summed E-state index contributed by atoms with van der Waals surface area (Å²) >= 11 is 1.53. The molecule has 3 rings (SSSR count). The lowest BCUT2D eigenvalue weighted by Crippen LogP contribution is -2.23. The number of ether oxygens (including phenoxy) is 1. The maximum Gasteiger partial charge on any atom is 0.336 e. The number of carbonyl (C=O) groups is 1. The maximum atomic E-state index is 12.1. The van der Waals surface area contributed by atoms with Crippen molar-refractivity contribution in [2.75, 3.05) is 12.4 Å². The summed E-state index contributed by atoms with van der Waals surface area (Å²) in [5.41, 5.74) is 3.18. The van der Waals surface area contributed by atoms with Crippen molar-refractivity contribution >= 4 is 23.1 Å². The quantitative estimate of drug-likeness (QED) is 0.829. The fourth-order valence-electron chi connectivity index (χ4n) is 2.38. The Kier molecular flexibility index (Phi) is 3.06. The van der Waals surface area contributed by atoms with Crippen molar-refractivity contribution < 1.29 is 9.53 Å². The lowest BCUT2D eigenvalue weighted by molar-refractivity contribution is -0.136. The molecular formula is C13H14N4O2S. The van der Waals surface area contributed by atoms with E-state index in [1.54, 1.807) is 6.20 Å². The van der Waals surface area contributed by atoms with Crippen LogP contribution in [0.1, 0.15) is 29.1 Å². The summed E-state index contributed by atoms with van der Waals surface area (Å²) in [7, 11) is 1.39. The number of aromatic amines is 1. The molecule has 0 aliphatic carbocycles. The van der Waals surface area contributed by atoms with Crippen LogP contribution in [0.5, 0.6) is 0 Å². The number of thiazole rings is 1. The average molecular weight is 290 g/mol. The molecule has 7 heteroatoms. The summed E-state index contributed by atoms with van der Waals surface area (Å²) in [5, 5.41) is 12.9. The van der Waals surface area contributed by atoms with Gasteiger partial charge in [0, 0.05) is 22.3 Å². The highest BCUT2D eigenvalue weighted by molar-refractivity contribution is 7.09. The summed E-state index contributed by atoms with van der Waals surface area (Å²) in [6, 6.07) is 0. The Labute approximate surface area is 119 Å². The van der Waals surface area contributed by atoms with Crippen LogP contribution in [0.2, 0.25) is 0 Å². The average Bonchev–Trinajstić information content (AvgIpc) is 3.04. The van der Waals surface area contributed by atoms with Gasteiger partial charge in [0.15, 0.2) is 0 Å². The van der Waals surface area contributed by atoms with Gasteiger partial charge in [-0.3, -0.25) is 5.10 Å². The van der Waals surface area contributed by atoms with Crippen LogP contribution < -0.4 is 5.32 Å². The van der Waals surface area contributed by atoms with E-state index in [0.717, 1.165) is 27.8 Å². The molecule has 104 valence electrons. The summed E-state index contributed by atoms with van der Waals surface area (Å²) in [6.07, 6.45) is 1.72. The topological polar surface area (TPSA) is 79.9 Å². The predicted octanol–water partition coefficient (Wildman–Crippen LogP) is 2.18. The Morgan fingerprint density at radius 1 is 1.45 bits per heavy atom. The molecule has 0 amide bonds. The van der Waals surface area contributed by atoms with E-state index in [-0.39, 0.29) is 11.9 Å². The number of aryl methyl sites for hydroxylation is 1. The molecule has 0 spiro atoms. The van der Waals surface area contributed by atoms with Crippen molar-refractivity contribution in [2.24, 2.45) is 0 Å². The first kappa shape index (κ1) is 12.9. The van der Waals surface area contributed by atoms with Gasteiger partial charge >= 0.3 is 5.97 Å². The standard InChI is InChI=1S/C13H14N4O2S/c1-6-5-20-12(15-6)10-8-4-14-17-11(8)16-7(2)9(10)13(18)19-3/h4-5,10H,1-3H3,(H2,14,16,17). The molecule has 6 nitrogen and oxygen atoms in total. The zero-order chi connectivity index (χ0) is 14.3. The predicted molar refractivity (Wildman–Crippen MR) is 75.6 cm³/mol. The molecular weight excluding hydrogens is 276 g/mol. The Hall–Kier alpha value is -2.15. The van der Waals surface area contributed by atoms with E-state index in [2.05, 4.69) is 20.5 Å². The van der Waals surface area contributed by atoms with Gasteiger partial charge in [-0.1, -0.05) is 0 Å². The van der Waals surface area contributed by atoms with Gasteiger partial charge in [0.1, 0.15) is 10.8 Å². The Bertz CT molecular complexity index is 701. The Balaban J connectivity index is 2.18. The van der Waals surface area contributed by atoms with Crippen molar-refractivity contribution in [2.45, 2.75) is 19.8 Å². The number of allylic oxidation sites excluding steroid dienone is 1. The minimum Gasteiger partial charge on any atom is -0.466 e. The number of hydrogen-bond donors (Lipinski definition) is 2. The lowest BCUT2D eigenvalue weighted by atomic mass is 9.89. The molecule has 2 aromatic rings. The number of methoxy groups -OCH3 is 1. The van der Waals surface area contributed by atoms with Crippen molar-refractivity contribution in [3.05, 3.63) is 39.1 Å². The maximum absolute atomic E-state index is 12.1. The monoisotopic (exact) mass is 290 g/mol. The molecule has 0 fully saturated rings. The molecule has 20 heavy (non-hydrogen) atoms. The molecule has 2 aromatic heterocycles. The van der Waals surface area contributed by atoms with Gasteiger partial charge in [-0.05, 0) is 13.8 Å². The second-order valence-corrected chi connectivity index (χ2v) is 5.51. The van der Waals surface area contributed by atoms with E-state index in [4.69, 9.17) is 4.74 Å². The number of nitrogens with one attached hydrogen (secondary N) is 2. The number of H-pyrrole nitrogens is 1. The number of esters is 1. The third-order valence-corrected chi connectivity index (χ3v) is 4.30. The number of aromatic nitrogens is 3. The van der Waals surface area contributed by atoms with Crippen molar-refractivity contribution in [3.8, 4) is 0 Å². The molecule has 1 aliphatic rings. The number of anilines is 1. The summed E-state index contributed by atoms with van der Waals surface area (Å²) in [6.45, 7) is 3.79. The van der Waals surface area contributed by atoms with Gasteiger partial charge in [0.2, 0.25) is 0 Å². The van der Waals surface area contributed by atoms with E-state index in [0.29, 0.717) is 5.57 Å². The molecule has 0 saturated heterocycles. The van der Waals surface area contributed by atoms with Gasteiger partial charge in [-0.15, -0.1) is 11.3 Å². The second-order valence-electron chi connectivity index (χ2n) is 4.62. The van der Waals surface area contributed by atoms with Crippen molar-refractivity contribution in [1.82, 2.24) is 15.2 Å². The number of rotatable bonds is 2. The second kappa shape index (κ2) is 4.75. The number of nitrogens with zero attached hydrogens (tertiary/aromatic N) is 2. The van der Waals surface area contributed by atoms with E-state index in [1.165, 1.54) is 18.4 Å². The fourth-order valence-corrected chi connectivity index (χ4v) is 3.31. The van der Waals surface area contributed by atoms with Gasteiger partial charge in [0.05, 0.1) is 24.8 Å². The van der Waals surface area contributed by atoms with Crippen LogP contribution in [0.25, 0.3) is 0 Å². The Morgan fingerprint density at radius 3 is 2.90 bits per heavy atom. The van der Waals surface area contributed by atoms with E-state index in [1.807, 2.05) is 19.2 Å². The molecule has 0 saturated carbocycles. The molecule has 1 aliphatic heterocycles. The molecule has 1 unspecified atom stereocenters. The van der Waals surface area contributed by atoms with Gasteiger partial charge < -0.3 is 10.1 Å². The first-order valence-electron chi connectivity index (χ1n) is 6.13. The third kappa shape index (κ3) is 1.90. The molecule has 1 atom stereocenters. The highest BCUT2D eigenvalue weighted by Crippen LogP contribution is 2.41. The van der Waals surface area contributed by atoms with E-state index >= 15 is 0 Å². The highest BCUT2D eigenvalue weighted by atomic mass is 32.1.